The van der Waals surface area contributed by atoms with Gasteiger partial charge in [0.25, 0.3) is 0 Å². The van der Waals surface area contributed by atoms with Gasteiger partial charge >= 0.3 is 5.97 Å². The normalized spacial score (nSPS) is 15.2. The van der Waals surface area contributed by atoms with E-state index in [0.29, 0.717) is 35.6 Å². The van der Waals surface area contributed by atoms with Gasteiger partial charge in [0.2, 0.25) is 0 Å². The average molecular weight is 485 g/mol. The summed E-state index contributed by atoms with van der Waals surface area (Å²) in [5, 5.41) is 13.3. The zero-order chi connectivity index (χ0) is 25.4. The van der Waals surface area contributed by atoms with Gasteiger partial charge in [-0.2, -0.15) is 0 Å². The fourth-order valence-electron chi connectivity index (χ4n) is 4.76. The monoisotopic (exact) mass is 484 g/mol. The van der Waals surface area contributed by atoms with E-state index in [0.717, 1.165) is 16.9 Å². The van der Waals surface area contributed by atoms with Gasteiger partial charge in [-0.15, -0.1) is 0 Å². The van der Waals surface area contributed by atoms with Crippen molar-refractivity contribution in [1.82, 2.24) is 0 Å². The van der Waals surface area contributed by atoms with Crippen molar-refractivity contribution in [2.75, 3.05) is 23.3 Å². The Bertz CT molecular complexity index is 1490. The average Bonchev–Trinajstić information content (AvgIpc) is 2.83. The number of nitrogens with one attached hydrogen (secondary N) is 1. The number of anilines is 2. The Hall–Kier alpha value is -4.26. The van der Waals surface area contributed by atoms with Crippen LogP contribution in [-0.2, 0) is 0 Å². The van der Waals surface area contributed by atoms with Gasteiger partial charge in [0.15, 0.2) is 11.3 Å². The lowest BCUT2D eigenvalue weighted by Gasteiger charge is -2.47. The number of hydrogen-bond donors (Lipinski definition) is 2. The zero-order valence-electron chi connectivity index (χ0n) is 20.4. The van der Waals surface area contributed by atoms with E-state index in [1.165, 1.54) is 6.07 Å². The largest absolute Gasteiger partial charge is 0.484 e. The summed E-state index contributed by atoms with van der Waals surface area (Å²) in [6, 6.07) is 21.4. The molecule has 0 spiro atoms. The van der Waals surface area contributed by atoms with Gasteiger partial charge in [-0.3, -0.25) is 4.79 Å². The van der Waals surface area contributed by atoms with Crippen molar-refractivity contribution in [2.24, 2.45) is 0 Å². The van der Waals surface area contributed by atoms with Gasteiger partial charge in [-0.1, -0.05) is 36.4 Å². The predicted molar refractivity (Wildman–Crippen MR) is 140 cm³/mol. The summed E-state index contributed by atoms with van der Waals surface area (Å²) in [6.45, 7) is 7.05. The first kappa shape index (κ1) is 23.5. The van der Waals surface area contributed by atoms with Crippen molar-refractivity contribution in [1.29, 1.82) is 0 Å². The predicted octanol–water partition coefficient (Wildman–Crippen LogP) is 5.63. The molecule has 3 aromatic carbocycles. The zero-order valence-corrected chi connectivity index (χ0v) is 20.4. The maximum absolute atomic E-state index is 13.1. The first-order valence-electron chi connectivity index (χ1n) is 11.9. The Morgan fingerprint density at radius 2 is 1.78 bits per heavy atom. The first-order chi connectivity index (χ1) is 17.2. The van der Waals surface area contributed by atoms with Crippen molar-refractivity contribution in [2.45, 2.75) is 32.4 Å². The lowest BCUT2D eigenvalue weighted by Crippen LogP contribution is -2.63. The summed E-state index contributed by atoms with van der Waals surface area (Å²) in [5.41, 5.74) is 2.38. The van der Waals surface area contributed by atoms with Crippen LogP contribution in [0.2, 0.25) is 0 Å². The summed E-state index contributed by atoms with van der Waals surface area (Å²) < 4.78 is 12.5. The molecule has 5 rings (SSSR count). The van der Waals surface area contributed by atoms with Gasteiger partial charge in [0.05, 0.1) is 30.1 Å². The number of rotatable bonds is 7. The van der Waals surface area contributed by atoms with Crippen LogP contribution < -0.4 is 20.4 Å². The van der Waals surface area contributed by atoms with E-state index >= 15 is 0 Å². The maximum atomic E-state index is 13.1. The van der Waals surface area contributed by atoms with E-state index in [9.17, 15) is 14.7 Å². The Morgan fingerprint density at radius 1 is 1.08 bits per heavy atom. The third-order valence-corrected chi connectivity index (χ3v) is 6.45. The molecule has 36 heavy (non-hydrogen) atoms. The number of hydrogen-bond acceptors (Lipinski definition) is 6. The molecule has 2 N–H and O–H groups in total. The van der Waals surface area contributed by atoms with E-state index in [4.69, 9.17) is 9.15 Å². The Kier molecular flexibility index (Phi) is 5.92. The minimum Gasteiger partial charge on any atom is -0.484 e. The number of carbonyl (C=O) groups is 1. The highest BCUT2D eigenvalue weighted by Crippen LogP contribution is 2.35. The molecule has 0 bridgehead atoms. The van der Waals surface area contributed by atoms with E-state index in [-0.39, 0.29) is 22.6 Å². The molecular weight excluding hydrogens is 456 g/mol. The highest BCUT2D eigenvalue weighted by molar-refractivity contribution is 5.94. The number of carboxylic acid groups (broad SMARTS) is 1. The Morgan fingerprint density at radius 3 is 2.50 bits per heavy atom. The van der Waals surface area contributed by atoms with Crippen LogP contribution in [0, 0.1) is 6.92 Å². The van der Waals surface area contributed by atoms with E-state index in [1.54, 1.807) is 24.3 Å². The van der Waals surface area contributed by atoms with Crippen LogP contribution in [0.4, 0.5) is 11.6 Å². The second-order valence-electron chi connectivity index (χ2n) is 9.62. The molecule has 0 amide bonds. The van der Waals surface area contributed by atoms with E-state index in [1.807, 2.05) is 68.1 Å². The molecule has 1 atom stereocenters. The summed E-state index contributed by atoms with van der Waals surface area (Å²) in [7, 11) is 0. The van der Waals surface area contributed by atoms with Gasteiger partial charge < -0.3 is 24.5 Å². The summed E-state index contributed by atoms with van der Waals surface area (Å²) in [5.74, 6) is 0.288. The summed E-state index contributed by atoms with van der Waals surface area (Å²) in [6.07, 6.45) is 0. The number of nitrogens with zero attached hydrogens (tertiary/aromatic N) is 1. The molecule has 2 heterocycles. The highest BCUT2D eigenvalue weighted by atomic mass is 16.5. The second-order valence-corrected chi connectivity index (χ2v) is 9.62. The minimum atomic E-state index is -1.01. The first-order valence-corrected chi connectivity index (χ1v) is 11.9. The number of aryl methyl sites for hydroxylation is 1. The summed E-state index contributed by atoms with van der Waals surface area (Å²) in [4.78, 5) is 26.8. The molecule has 7 heteroatoms. The van der Waals surface area contributed by atoms with Gasteiger partial charge in [0.1, 0.15) is 16.9 Å². The van der Waals surface area contributed by atoms with E-state index in [2.05, 4.69) is 5.32 Å². The molecule has 184 valence electrons. The third kappa shape index (κ3) is 4.52. The van der Waals surface area contributed by atoms with Crippen LogP contribution >= 0.6 is 0 Å². The minimum absolute atomic E-state index is 0.119. The van der Waals surface area contributed by atoms with Crippen LogP contribution in [0.5, 0.6) is 5.75 Å². The number of aromatic carboxylic acids is 1. The molecule has 7 nitrogen and oxygen atoms in total. The fourth-order valence-corrected chi connectivity index (χ4v) is 4.76. The smallest absolute Gasteiger partial charge is 0.337 e. The molecule has 0 radical (unpaired) electrons. The van der Waals surface area contributed by atoms with Crippen molar-refractivity contribution >= 4 is 28.5 Å². The molecule has 1 aliphatic heterocycles. The van der Waals surface area contributed by atoms with E-state index < -0.39 is 5.97 Å². The lowest BCUT2D eigenvalue weighted by molar-refractivity contribution is 0.0552. The molecular formula is C29H28N2O5. The van der Waals surface area contributed by atoms with Crippen LogP contribution in [-0.4, -0.2) is 29.8 Å². The van der Waals surface area contributed by atoms with Gasteiger partial charge in [-0.05, 0) is 56.7 Å². The SMILES string of the molecule is Cc1cc(C(C)Nc2ccccc2C(=O)O)c2oc(N3CC(C)(Oc4ccccc4)C3)cc(=O)c2c1. The standard InChI is InChI=1S/C29H28N2O5/c1-18-13-22(19(2)30-24-12-8-7-11-21(24)28(33)34)27-23(14-18)25(32)15-26(35-27)31-16-29(3,17-31)36-20-9-5-4-6-10-20/h4-15,19,30H,16-17H2,1-3H3,(H,33,34). The molecule has 4 aromatic rings. The lowest BCUT2D eigenvalue weighted by atomic mass is 9.96. The molecule has 1 fully saturated rings. The van der Waals surface area contributed by atoms with Gasteiger partial charge in [-0.25, -0.2) is 4.79 Å². The Labute approximate surface area is 208 Å². The maximum Gasteiger partial charge on any atom is 0.337 e. The number of benzene rings is 3. The van der Waals surface area contributed by atoms with Crippen LogP contribution in [0.3, 0.4) is 0 Å². The fraction of sp³-hybridized carbons (Fsp3) is 0.241. The van der Waals surface area contributed by atoms with Crippen molar-refractivity contribution in [3.8, 4) is 5.75 Å². The molecule has 1 saturated heterocycles. The second kappa shape index (κ2) is 9.07. The number of carboxylic acids is 1. The topological polar surface area (TPSA) is 92.0 Å². The molecule has 0 aliphatic carbocycles. The van der Waals surface area contributed by atoms with Crippen LogP contribution in [0.1, 0.15) is 41.4 Å². The molecule has 1 aromatic heterocycles. The van der Waals surface area contributed by atoms with Crippen molar-refractivity contribution < 1.29 is 19.1 Å². The number of para-hydroxylation sites is 2. The quantitative estimate of drug-likeness (QED) is 0.351. The molecule has 1 unspecified atom stereocenters. The summed E-state index contributed by atoms with van der Waals surface area (Å²) >= 11 is 0. The number of fused-ring (bicyclic) bond motifs is 1. The van der Waals surface area contributed by atoms with Crippen molar-refractivity contribution in [3.05, 3.63) is 99.7 Å². The molecule has 1 aliphatic rings. The highest BCUT2D eigenvalue weighted by Gasteiger charge is 2.42. The van der Waals surface area contributed by atoms with Gasteiger partial charge in [0, 0.05) is 17.3 Å². The molecule has 0 saturated carbocycles. The van der Waals surface area contributed by atoms with Crippen molar-refractivity contribution in [3.63, 3.8) is 0 Å². The van der Waals surface area contributed by atoms with Crippen LogP contribution in [0.25, 0.3) is 11.0 Å². The third-order valence-electron chi connectivity index (χ3n) is 6.45. The van der Waals surface area contributed by atoms with Crippen LogP contribution in [0.15, 0.2) is 82.0 Å². The Balaban J connectivity index is 1.45. The number of ether oxygens (including phenoxy) is 1.